The Labute approximate surface area is 218 Å². The van der Waals surface area contributed by atoms with Gasteiger partial charge in [0.25, 0.3) is 5.91 Å². The van der Waals surface area contributed by atoms with Gasteiger partial charge in [0.2, 0.25) is 5.91 Å². The van der Waals surface area contributed by atoms with Crippen molar-refractivity contribution in [2.75, 3.05) is 13.1 Å². The van der Waals surface area contributed by atoms with Gasteiger partial charge in [-0.15, -0.1) is 0 Å². The molecule has 0 radical (unpaired) electrons. The van der Waals surface area contributed by atoms with Gasteiger partial charge in [-0.2, -0.15) is 0 Å². The second-order valence-electron chi connectivity index (χ2n) is 10.9. The summed E-state index contributed by atoms with van der Waals surface area (Å²) in [6, 6.07) is 2.34. The summed E-state index contributed by atoms with van der Waals surface area (Å²) in [7, 11) is 0. The highest BCUT2D eigenvalue weighted by Gasteiger charge is 2.41. The van der Waals surface area contributed by atoms with Crippen molar-refractivity contribution in [3.8, 4) is 0 Å². The second kappa shape index (κ2) is 11.7. The van der Waals surface area contributed by atoms with E-state index in [-0.39, 0.29) is 30.1 Å². The number of carbonyl (C=O) groups excluding carboxylic acids is 3. The van der Waals surface area contributed by atoms with E-state index in [1.54, 1.807) is 28.3 Å². The first kappa shape index (κ1) is 26.6. The Morgan fingerprint density at radius 1 is 1.16 bits per heavy atom. The van der Waals surface area contributed by atoms with Crippen LogP contribution in [0.2, 0.25) is 0 Å². The van der Waals surface area contributed by atoms with Crippen molar-refractivity contribution in [1.29, 1.82) is 0 Å². The summed E-state index contributed by atoms with van der Waals surface area (Å²) < 4.78 is 5.61. The lowest BCUT2D eigenvalue weighted by Crippen LogP contribution is -2.56. The number of nitrogens with one attached hydrogen (secondary N) is 2. The minimum absolute atomic E-state index is 0.0763. The quantitative estimate of drug-likeness (QED) is 0.609. The molecule has 0 bridgehead atoms. The van der Waals surface area contributed by atoms with E-state index in [1.807, 2.05) is 26.8 Å². The van der Waals surface area contributed by atoms with Gasteiger partial charge in [0, 0.05) is 43.3 Å². The fourth-order valence-electron chi connectivity index (χ4n) is 5.18. The van der Waals surface area contributed by atoms with Crippen LogP contribution < -0.4 is 5.32 Å². The number of pyridine rings is 1. The Morgan fingerprint density at radius 3 is 2.59 bits per heavy atom. The number of likely N-dealkylation sites (tertiary alicyclic amines) is 1. The van der Waals surface area contributed by atoms with Crippen LogP contribution in [0.3, 0.4) is 0 Å². The van der Waals surface area contributed by atoms with Gasteiger partial charge in [0.15, 0.2) is 0 Å². The van der Waals surface area contributed by atoms with E-state index < -0.39 is 23.8 Å². The lowest BCUT2D eigenvalue weighted by Gasteiger charge is -2.42. The molecule has 1 saturated carbocycles. The Kier molecular flexibility index (Phi) is 8.45. The van der Waals surface area contributed by atoms with Gasteiger partial charge >= 0.3 is 6.09 Å². The number of aromatic nitrogens is 3. The predicted octanol–water partition coefficient (Wildman–Crippen LogP) is 3.84. The van der Waals surface area contributed by atoms with Crippen molar-refractivity contribution in [3.63, 3.8) is 0 Å². The highest BCUT2D eigenvalue weighted by molar-refractivity contribution is 5.96. The number of aromatic amines is 1. The summed E-state index contributed by atoms with van der Waals surface area (Å²) in [6.07, 6.45) is 12.3. The number of hydrogen-bond donors (Lipinski definition) is 2. The number of rotatable bonds is 6. The molecule has 1 unspecified atom stereocenters. The minimum Gasteiger partial charge on any atom is -0.444 e. The van der Waals surface area contributed by atoms with Gasteiger partial charge in [-0.25, -0.2) is 9.78 Å². The largest absolute Gasteiger partial charge is 0.444 e. The van der Waals surface area contributed by atoms with Crippen LogP contribution in [0.15, 0.2) is 37.1 Å². The molecule has 200 valence electrons. The number of nitrogens with zero attached hydrogens (tertiary/aromatic N) is 4. The molecule has 4 rings (SSSR count). The second-order valence-corrected chi connectivity index (χ2v) is 10.9. The maximum atomic E-state index is 13.9. The van der Waals surface area contributed by atoms with Gasteiger partial charge in [0.1, 0.15) is 17.3 Å². The van der Waals surface area contributed by atoms with E-state index in [0.29, 0.717) is 24.9 Å². The van der Waals surface area contributed by atoms with Crippen molar-refractivity contribution in [2.24, 2.45) is 0 Å². The molecule has 2 atom stereocenters. The number of H-pyrrole nitrogens is 1. The summed E-state index contributed by atoms with van der Waals surface area (Å²) in [4.78, 5) is 55.2. The first-order valence-electron chi connectivity index (χ1n) is 13.2. The highest BCUT2D eigenvalue weighted by Crippen LogP contribution is 2.30. The topological polar surface area (TPSA) is 121 Å². The monoisotopic (exact) mass is 510 g/mol. The minimum atomic E-state index is -0.914. The van der Waals surface area contributed by atoms with Gasteiger partial charge in [0.05, 0.1) is 12.4 Å². The van der Waals surface area contributed by atoms with Crippen molar-refractivity contribution in [2.45, 2.75) is 89.4 Å². The van der Waals surface area contributed by atoms with Gasteiger partial charge < -0.3 is 24.8 Å². The maximum Gasteiger partial charge on any atom is 0.410 e. The molecule has 2 aromatic heterocycles. The standard InChI is InChI=1S/C27H38N6O4/c1-27(2,3)37-26(36)32-14-8-12-21(17-32)33(25(35)22-16-29-18-30-22)23(19-9-7-13-28-15-19)24(34)31-20-10-5-4-6-11-20/h7,9,13,15-16,18,20-21,23H,4-6,8,10-12,14,17H2,1-3H3,(H,29,30)(H,31,34)/t21-,23?/m0/s1. The Bertz CT molecular complexity index is 1050. The van der Waals surface area contributed by atoms with Crippen LogP contribution in [0.25, 0.3) is 0 Å². The number of amides is 3. The lowest BCUT2D eigenvalue weighted by atomic mass is 9.94. The summed E-state index contributed by atoms with van der Waals surface area (Å²) in [5.74, 6) is -0.608. The van der Waals surface area contributed by atoms with Crippen LogP contribution >= 0.6 is 0 Å². The molecule has 0 spiro atoms. The SMILES string of the molecule is CC(C)(C)OC(=O)N1CCC[C@H](N(C(=O)c2c[nH]cn2)C(C(=O)NC2CCCCC2)c2cccnc2)C1. The van der Waals surface area contributed by atoms with Crippen LogP contribution in [0.4, 0.5) is 4.79 Å². The summed E-state index contributed by atoms with van der Waals surface area (Å²) in [6.45, 7) is 6.27. The zero-order valence-electron chi connectivity index (χ0n) is 22.0. The van der Waals surface area contributed by atoms with Crippen molar-refractivity contribution >= 4 is 17.9 Å². The van der Waals surface area contributed by atoms with Gasteiger partial charge in [-0.05, 0) is 52.5 Å². The van der Waals surface area contributed by atoms with Crippen molar-refractivity contribution in [3.05, 3.63) is 48.3 Å². The van der Waals surface area contributed by atoms with E-state index in [1.165, 1.54) is 18.9 Å². The lowest BCUT2D eigenvalue weighted by molar-refractivity contribution is -0.128. The third-order valence-electron chi connectivity index (χ3n) is 6.87. The van der Waals surface area contributed by atoms with Crippen LogP contribution in [0, 0.1) is 0 Å². The van der Waals surface area contributed by atoms with Crippen LogP contribution in [0.5, 0.6) is 0 Å². The molecule has 2 aliphatic rings. The molecule has 1 aliphatic carbocycles. The third-order valence-corrected chi connectivity index (χ3v) is 6.87. The Balaban J connectivity index is 1.68. The molecule has 3 amide bonds. The first-order chi connectivity index (χ1) is 17.7. The molecule has 1 aliphatic heterocycles. The third kappa shape index (κ3) is 6.87. The van der Waals surface area contributed by atoms with Crippen LogP contribution in [-0.2, 0) is 9.53 Å². The molecule has 3 heterocycles. The van der Waals surface area contributed by atoms with Crippen molar-refractivity contribution in [1.82, 2.24) is 30.1 Å². The average Bonchev–Trinajstić information content (AvgIpc) is 3.42. The average molecular weight is 511 g/mol. The molecule has 1 saturated heterocycles. The molecule has 10 nitrogen and oxygen atoms in total. The van der Waals surface area contributed by atoms with E-state index in [0.717, 1.165) is 25.7 Å². The number of carbonyl (C=O) groups is 3. The van der Waals surface area contributed by atoms with E-state index in [9.17, 15) is 14.4 Å². The number of piperidine rings is 1. The van der Waals surface area contributed by atoms with Gasteiger partial charge in [-0.1, -0.05) is 25.3 Å². The van der Waals surface area contributed by atoms with Crippen LogP contribution in [-0.4, -0.2) is 73.4 Å². The zero-order valence-corrected chi connectivity index (χ0v) is 22.0. The Hall–Kier alpha value is -3.43. The fourth-order valence-corrected chi connectivity index (χ4v) is 5.18. The van der Waals surface area contributed by atoms with Crippen molar-refractivity contribution < 1.29 is 19.1 Å². The fraction of sp³-hybridized carbons (Fsp3) is 0.593. The molecule has 37 heavy (non-hydrogen) atoms. The molecule has 2 aromatic rings. The summed E-state index contributed by atoms with van der Waals surface area (Å²) in [5, 5.41) is 3.21. The van der Waals surface area contributed by atoms with E-state index in [4.69, 9.17) is 4.74 Å². The maximum absolute atomic E-state index is 13.9. The van der Waals surface area contributed by atoms with Crippen LogP contribution in [0.1, 0.15) is 87.8 Å². The van der Waals surface area contributed by atoms with Gasteiger partial charge in [-0.3, -0.25) is 14.6 Å². The molecule has 2 fully saturated rings. The molecular formula is C27H38N6O4. The van der Waals surface area contributed by atoms with E-state index >= 15 is 0 Å². The number of imidazole rings is 1. The molecule has 2 N–H and O–H groups in total. The first-order valence-corrected chi connectivity index (χ1v) is 13.2. The number of ether oxygens (including phenoxy) is 1. The summed E-state index contributed by atoms with van der Waals surface area (Å²) in [5.41, 5.74) is 0.204. The number of hydrogen-bond acceptors (Lipinski definition) is 6. The Morgan fingerprint density at radius 2 is 1.95 bits per heavy atom. The molecule has 0 aromatic carbocycles. The normalized spacial score (nSPS) is 19.6. The molecule has 10 heteroatoms. The van der Waals surface area contributed by atoms with E-state index in [2.05, 4.69) is 20.3 Å². The smallest absolute Gasteiger partial charge is 0.410 e. The summed E-state index contributed by atoms with van der Waals surface area (Å²) >= 11 is 0. The molecular weight excluding hydrogens is 472 g/mol. The highest BCUT2D eigenvalue weighted by atomic mass is 16.6. The zero-order chi connectivity index (χ0) is 26.4. The predicted molar refractivity (Wildman–Crippen MR) is 138 cm³/mol.